The zero-order valence-corrected chi connectivity index (χ0v) is 18.7. The summed E-state index contributed by atoms with van der Waals surface area (Å²) in [6, 6.07) is 14.3. The standard InChI is InChI=1S/C27H30FN3O2/c28-22-4-3-5-23(16-22)29-27(33)30-14-1-2-15-31-24(17-30)26(25(31)18-32)21-12-10-20(11-13-21)9-8-19-6-7-19/h3-5,10-13,16,19,24-26,32H,1-2,6-7,14-15,17-18H2,(H,29,33)/t24-,25-,26+/m0/s1. The van der Waals surface area contributed by atoms with E-state index >= 15 is 0 Å². The Bertz CT molecular complexity index is 1060. The second kappa shape index (κ2) is 9.54. The molecule has 5 rings (SSSR count). The molecule has 2 heterocycles. The average Bonchev–Trinajstić information content (AvgIpc) is 3.62. The molecule has 2 aromatic carbocycles. The van der Waals surface area contributed by atoms with Gasteiger partial charge in [-0.1, -0.05) is 30.0 Å². The highest BCUT2D eigenvalue weighted by molar-refractivity contribution is 5.89. The number of amides is 2. The maximum absolute atomic E-state index is 13.5. The van der Waals surface area contributed by atoms with Crippen LogP contribution in [-0.2, 0) is 0 Å². The molecule has 0 spiro atoms. The van der Waals surface area contributed by atoms with Crippen LogP contribution in [0.5, 0.6) is 0 Å². The van der Waals surface area contributed by atoms with Crippen LogP contribution in [0.3, 0.4) is 0 Å². The van der Waals surface area contributed by atoms with E-state index in [2.05, 4.69) is 46.3 Å². The van der Waals surface area contributed by atoms with E-state index in [4.69, 9.17) is 0 Å². The maximum atomic E-state index is 13.5. The van der Waals surface area contributed by atoms with Gasteiger partial charge in [-0.25, -0.2) is 9.18 Å². The number of rotatable bonds is 3. The maximum Gasteiger partial charge on any atom is 0.321 e. The molecule has 0 unspecified atom stereocenters. The summed E-state index contributed by atoms with van der Waals surface area (Å²) in [6.07, 6.45) is 4.30. The SMILES string of the molecule is O=C(Nc1cccc(F)c1)N1CCCCN2[C@@H](CO)[C@H](c3ccc(C#CC4CC4)cc3)[C@@H]2C1. The van der Waals surface area contributed by atoms with Gasteiger partial charge in [0.1, 0.15) is 5.82 Å². The topological polar surface area (TPSA) is 55.8 Å². The smallest absolute Gasteiger partial charge is 0.321 e. The van der Waals surface area contributed by atoms with Crippen molar-refractivity contribution < 1.29 is 14.3 Å². The van der Waals surface area contributed by atoms with Crippen molar-refractivity contribution >= 4 is 11.7 Å². The van der Waals surface area contributed by atoms with Gasteiger partial charge in [0.2, 0.25) is 0 Å². The Hall–Kier alpha value is -2.88. The normalized spacial score (nSPS) is 25.0. The average molecular weight is 448 g/mol. The molecule has 2 aromatic rings. The van der Waals surface area contributed by atoms with Crippen molar-refractivity contribution in [3.8, 4) is 11.8 Å². The minimum absolute atomic E-state index is 0.0598. The van der Waals surface area contributed by atoms with Crippen LogP contribution in [0.25, 0.3) is 0 Å². The van der Waals surface area contributed by atoms with Crippen LogP contribution in [0.15, 0.2) is 48.5 Å². The molecule has 0 bridgehead atoms. The van der Waals surface area contributed by atoms with Crippen LogP contribution < -0.4 is 5.32 Å². The van der Waals surface area contributed by atoms with E-state index in [-0.39, 0.29) is 36.5 Å². The lowest BCUT2D eigenvalue weighted by molar-refractivity contribution is -0.0585. The summed E-state index contributed by atoms with van der Waals surface area (Å²) in [4.78, 5) is 17.2. The quantitative estimate of drug-likeness (QED) is 0.699. The molecule has 1 saturated carbocycles. The number of carbonyl (C=O) groups is 1. The monoisotopic (exact) mass is 447 g/mol. The third kappa shape index (κ3) is 4.90. The molecular weight excluding hydrogens is 417 g/mol. The largest absolute Gasteiger partial charge is 0.395 e. The fourth-order valence-corrected chi connectivity index (χ4v) is 5.10. The first-order valence-corrected chi connectivity index (χ1v) is 11.9. The Morgan fingerprint density at radius 1 is 1.12 bits per heavy atom. The van der Waals surface area contributed by atoms with Gasteiger partial charge in [-0.2, -0.15) is 0 Å². The summed E-state index contributed by atoms with van der Waals surface area (Å²) in [7, 11) is 0. The highest BCUT2D eigenvalue weighted by atomic mass is 19.1. The van der Waals surface area contributed by atoms with Crippen molar-refractivity contribution in [3.63, 3.8) is 0 Å². The fourth-order valence-electron chi connectivity index (χ4n) is 5.10. The van der Waals surface area contributed by atoms with Crippen LogP contribution in [0.2, 0.25) is 0 Å². The molecule has 2 N–H and O–H groups in total. The van der Waals surface area contributed by atoms with E-state index in [1.165, 1.54) is 30.5 Å². The van der Waals surface area contributed by atoms with Crippen LogP contribution in [0, 0.1) is 23.6 Å². The molecule has 6 heteroatoms. The summed E-state index contributed by atoms with van der Waals surface area (Å²) in [5.74, 6) is 6.91. The number of aliphatic hydroxyl groups is 1. The van der Waals surface area contributed by atoms with E-state index in [0.717, 1.165) is 24.9 Å². The Balaban J connectivity index is 1.32. The first-order chi connectivity index (χ1) is 16.1. The minimum atomic E-state index is -0.373. The van der Waals surface area contributed by atoms with E-state index in [1.807, 2.05) is 4.90 Å². The van der Waals surface area contributed by atoms with Gasteiger partial charge in [0.25, 0.3) is 0 Å². The van der Waals surface area contributed by atoms with Crippen LogP contribution in [0.4, 0.5) is 14.9 Å². The fraction of sp³-hybridized carbons (Fsp3) is 0.444. The molecule has 0 aromatic heterocycles. The van der Waals surface area contributed by atoms with Gasteiger partial charge in [-0.3, -0.25) is 4.90 Å². The Labute approximate surface area is 194 Å². The first kappa shape index (κ1) is 21.9. The van der Waals surface area contributed by atoms with Gasteiger partial charge in [0.05, 0.1) is 6.61 Å². The molecule has 1 aliphatic carbocycles. The number of hydrogen-bond donors (Lipinski definition) is 2. The van der Waals surface area contributed by atoms with Crippen molar-refractivity contribution in [2.75, 3.05) is 31.6 Å². The predicted octanol–water partition coefficient (Wildman–Crippen LogP) is 4.04. The van der Waals surface area contributed by atoms with Crippen LogP contribution in [-0.4, -0.2) is 59.3 Å². The van der Waals surface area contributed by atoms with E-state index < -0.39 is 0 Å². The lowest BCUT2D eigenvalue weighted by Gasteiger charge is -2.57. The molecule has 33 heavy (non-hydrogen) atoms. The van der Waals surface area contributed by atoms with Crippen molar-refractivity contribution in [1.29, 1.82) is 0 Å². The van der Waals surface area contributed by atoms with Gasteiger partial charge >= 0.3 is 6.03 Å². The molecule has 2 amide bonds. The Morgan fingerprint density at radius 2 is 1.91 bits per heavy atom. The lowest BCUT2D eigenvalue weighted by atomic mass is 9.74. The molecule has 0 radical (unpaired) electrons. The number of fused-ring (bicyclic) bond motifs is 1. The molecule has 3 fully saturated rings. The van der Waals surface area contributed by atoms with Crippen molar-refractivity contribution in [3.05, 3.63) is 65.5 Å². The number of nitrogens with zero attached hydrogens (tertiary/aromatic N) is 2. The van der Waals surface area contributed by atoms with Crippen LogP contribution >= 0.6 is 0 Å². The second-order valence-electron chi connectivity index (χ2n) is 9.34. The number of benzene rings is 2. The van der Waals surface area contributed by atoms with E-state index in [0.29, 0.717) is 24.7 Å². The number of anilines is 1. The molecule has 172 valence electrons. The van der Waals surface area contributed by atoms with Gasteiger partial charge in [0.15, 0.2) is 0 Å². The number of halogens is 1. The van der Waals surface area contributed by atoms with Gasteiger partial charge < -0.3 is 15.3 Å². The summed E-state index contributed by atoms with van der Waals surface area (Å²) in [6.45, 7) is 2.26. The summed E-state index contributed by atoms with van der Waals surface area (Å²) in [5.41, 5.74) is 2.66. The Morgan fingerprint density at radius 3 is 2.64 bits per heavy atom. The van der Waals surface area contributed by atoms with Crippen molar-refractivity contribution in [2.24, 2.45) is 5.92 Å². The lowest BCUT2D eigenvalue weighted by Crippen LogP contribution is -2.68. The van der Waals surface area contributed by atoms with Crippen molar-refractivity contribution in [2.45, 2.75) is 43.7 Å². The highest BCUT2D eigenvalue weighted by Gasteiger charge is 2.49. The predicted molar refractivity (Wildman–Crippen MR) is 126 cm³/mol. The number of urea groups is 1. The number of nitrogens with one attached hydrogen (secondary N) is 1. The molecule has 5 nitrogen and oxygen atoms in total. The number of carbonyl (C=O) groups excluding carboxylic acids is 1. The molecule has 2 aliphatic heterocycles. The second-order valence-corrected chi connectivity index (χ2v) is 9.34. The van der Waals surface area contributed by atoms with Crippen molar-refractivity contribution in [1.82, 2.24) is 9.80 Å². The zero-order valence-electron chi connectivity index (χ0n) is 18.7. The highest BCUT2D eigenvalue weighted by Crippen LogP contribution is 2.42. The van der Waals surface area contributed by atoms with Gasteiger partial charge in [-0.05, 0) is 68.1 Å². The Kier molecular flexibility index (Phi) is 6.34. The van der Waals surface area contributed by atoms with Gasteiger partial charge in [0, 0.05) is 48.3 Å². The van der Waals surface area contributed by atoms with E-state index in [1.54, 1.807) is 12.1 Å². The summed E-state index contributed by atoms with van der Waals surface area (Å²) < 4.78 is 13.5. The zero-order chi connectivity index (χ0) is 22.8. The van der Waals surface area contributed by atoms with E-state index in [9.17, 15) is 14.3 Å². The molecule has 3 aliphatic rings. The van der Waals surface area contributed by atoms with Gasteiger partial charge in [-0.15, -0.1) is 0 Å². The third-order valence-corrected chi connectivity index (χ3v) is 7.03. The third-order valence-electron chi connectivity index (χ3n) is 7.03. The first-order valence-electron chi connectivity index (χ1n) is 11.9. The minimum Gasteiger partial charge on any atom is -0.395 e. The van der Waals surface area contributed by atoms with Crippen LogP contribution in [0.1, 0.15) is 42.7 Å². The number of aliphatic hydroxyl groups excluding tert-OH is 1. The number of hydrogen-bond acceptors (Lipinski definition) is 3. The molecule has 3 atom stereocenters. The summed E-state index contributed by atoms with van der Waals surface area (Å²) >= 11 is 0. The summed E-state index contributed by atoms with van der Waals surface area (Å²) in [5, 5.41) is 13.0. The molecular formula is C27H30FN3O2. The molecule has 2 saturated heterocycles.